The Labute approximate surface area is 155 Å². The van der Waals surface area contributed by atoms with Gasteiger partial charge < -0.3 is 5.32 Å². The summed E-state index contributed by atoms with van der Waals surface area (Å²) in [6, 6.07) is 12.5. The second-order valence-electron chi connectivity index (χ2n) is 5.87. The minimum absolute atomic E-state index is 0.0741. The zero-order chi connectivity index (χ0) is 18.9. The molecule has 1 N–H and O–H groups in total. The highest BCUT2D eigenvalue weighted by atomic mass is 32.2. The topological polar surface area (TPSA) is 66.5 Å². The number of nitrogens with zero attached hydrogens (tertiary/aromatic N) is 1. The van der Waals surface area contributed by atoms with Crippen molar-refractivity contribution in [3.8, 4) is 0 Å². The van der Waals surface area contributed by atoms with Gasteiger partial charge in [0, 0.05) is 25.3 Å². The number of nitrogens with one attached hydrogen (secondary N) is 1. The monoisotopic (exact) mass is 392 g/mol. The van der Waals surface area contributed by atoms with Crippen molar-refractivity contribution in [1.29, 1.82) is 0 Å². The minimum Gasteiger partial charge on any atom is -0.347 e. The molecular weight excluding hydrogens is 375 g/mol. The largest absolute Gasteiger partial charge is 0.347 e. The van der Waals surface area contributed by atoms with Crippen LogP contribution in [0.3, 0.4) is 0 Å². The molecule has 3 rings (SSSR count). The lowest BCUT2D eigenvalue weighted by Gasteiger charge is -2.15. The number of amides is 1. The van der Waals surface area contributed by atoms with Gasteiger partial charge in [0.15, 0.2) is 0 Å². The molecular formula is C18H17FN2O3S2. The molecule has 0 aliphatic heterocycles. The summed E-state index contributed by atoms with van der Waals surface area (Å²) in [5, 5.41) is 3.40. The molecule has 0 aliphatic rings. The van der Waals surface area contributed by atoms with Crippen LogP contribution in [0, 0.1) is 5.82 Å². The van der Waals surface area contributed by atoms with Crippen LogP contribution in [-0.4, -0.2) is 32.7 Å². The third-order valence-corrected chi connectivity index (χ3v) is 6.90. The molecule has 2 aromatic carbocycles. The quantitative estimate of drug-likeness (QED) is 0.725. The Morgan fingerprint density at radius 3 is 2.62 bits per heavy atom. The van der Waals surface area contributed by atoms with Crippen LogP contribution in [-0.2, 0) is 16.6 Å². The third-order valence-electron chi connectivity index (χ3n) is 3.87. The van der Waals surface area contributed by atoms with Crippen LogP contribution in [0.25, 0.3) is 10.1 Å². The lowest BCUT2D eigenvalue weighted by atomic mass is 10.2. The fourth-order valence-corrected chi connectivity index (χ4v) is 4.56. The van der Waals surface area contributed by atoms with Crippen molar-refractivity contribution < 1.29 is 17.6 Å². The number of sulfonamides is 1. The molecule has 1 heterocycles. The van der Waals surface area contributed by atoms with Gasteiger partial charge in [-0.3, -0.25) is 4.79 Å². The second kappa shape index (κ2) is 7.14. The molecule has 26 heavy (non-hydrogen) atoms. The maximum atomic E-state index is 13.3. The number of fused-ring (bicyclic) bond motifs is 1. The van der Waals surface area contributed by atoms with Crippen molar-refractivity contribution in [3.63, 3.8) is 0 Å². The first kappa shape index (κ1) is 18.5. The van der Waals surface area contributed by atoms with Crippen molar-refractivity contribution >= 4 is 37.4 Å². The Morgan fingerprint density at radius 1 is 1.15 bits per heavy atom. The van der Waals surface area contributed by atoms with E-state index in [0.29, 0.717) is 15.8 Å². The zero-order valence-electron chi connectivity index (χ0n) is 14.2. The summed E-state index contributed by atoms with van der Waals surface area (Å²) in [5.74, 6) is -0.686. The van der Waals surface area contributed by atoms with Crippen molar-refractivity contribution in [3.05, 3.63) is 64.8 Å². The molecule has 0 fully saturated rings. The van der Waals surface area contributed by atoms with Crippen LogP contribution in [0.4, 0.5) is 4.39 Å². The third kappa shape index (κ3) is 3.62. The predicted molar refractivity (Wildman–Crippen MR) is 100 cm³/mol. The van der Waals surface area contributed by atoms with Gasteiger partial charge in [0.1, 0.15) is 5.82 Å². The van der Waals surface area contributed by atoms with Crippen LogP contribution in [0.15, 0.2) is 53.4 Å². The van der Waals surface area contributed by atoms with E-state index in [1.165, 1.54) is 43.6 Å². The molecule has 5 nitrogen and oxygen atoms in total. The summed E-state index contributed by atoms with van der Waals surface area (Å²) in [5.41, 5.74) is 0.502. The average molecular weight is 392 g/mol. The number of hydrogen-bond donors (Lipinski definition) is 1. The lowest BCUT2D eigenvalue weighted by molar-refractivity contribution is 0.0954. The molecule has 0 spiro atoms. The molecule has 3 aromatic rings. The lowest BCUT2D eigenvalue weighted by Crippen LogP contribution is -2.26. The molecule has 0 saturated heterocycles. The van der Waals surface area contributed by atoms with Gasteiger partial charge in [-0.2, -0.15) is 0 Å². The smallest absolute Gasteiger partial charge is 0.261 e. The van der Waals surface area contributed by atoms with Gasteiger partial charge in [0.05, 0.1) is 9.77 Å². The number of rotatable bonds is 5. The Balaban J connectivity index is 1.81. The van der Waals surface area contributed by atoms with Crippen LogP contribution in [0.5, 0.6) is 0 Å². The van der Waals surface area contributed by atoms with Crippen molar-refractivity contribution in [2.24, 2.45) is 0 Å². The summed E-state index contributed by atoms with van der Waals surface area (Å²) >= 11 is 1.26. The Hall–Kier alpha value is -2.29. The first-order chi connectivity index (χ1) is 12.3. The van der Waals surface area contributed by atoms with Crippen LogP contribution in [0.1, 0.15) is 15.2 Å². The number of carbonyl (C=O) groups excluding carboxylic acids is 1. The molecule has 0 bridgehead atoms. The van der Waals surface area contributed by atoms with E-state index in [-0.39, 0.29) is 23.2 Å². The summed E-state index contributed by atoms with van der Waals surface area (Å²) in [7, 11) is -0.684. The van der Waals surface area contributed by atoms with Crippen molar-refractivity contribution in [2.45, 2.75) is 11.4 Å². The van der Waals surface area contributed by atoms with Crippen molar-refractivity contribution in [2.75, 3.05) is 14.1 Å². The highest BCUT2D eigenvalue weighted by molar-refractivity contribution is 7.89. The first-order valence-electron chi connectivity index (χ1n) is 7.77. The molecule has 0 atom stereocenters. The normalized spacial score (nSPS) is 11.8. The Morgan fingerprint density at radius 2 is 1.88 bits per heavy atom. The predicted octanol–water partition coefficient (Wildman–Crippen LogP) is 3.22. The maximum absolute atomic E-state index is 13.3. The number of thiophene rings is 1. The van der Waals surface area contributed by atoms with Crippen molar-refractivity contribution in [1.82, 2.24) is 9.62 Å². The molecule has 0 radical (unpaired) electrons. The molecule has 1 aromatic heterocycles. The van der Waals surface area contributed by atoms with Crippen LogP contribution >= 0.6 is 11.3 Å². The number of carbonyl (C=O) groups is 1. The van der Waals surface area contributed by atoms with Gasteiger partial charge in [-0.25, -0.2) is 17.1 Å². The summed E-state index contributed by atoms with van der Waals surface area (Å²) < 4.78 is 40.0. The zero-order valence-corrected chi connectivity index (χ0v) is 15.8. The number of hydrogen-bond acceptors (Lipinski definition) is 4. The minimum atomic E-state index is -3.60. The average Bonchev–Trinajstić information content (AvgIpc) is 3.03. The fourth-order valence-electron chi connectivity index (χ4n) is 2.49. The number of halogens is 1. The van der Waals surface area contributed by atoms with E-state index in [1.807, 2.05) is 0 Å². The molecule has 1 amide bonds. The van der Waals surface area contributed by atoms with Gasteiger partial charge >= 0.3 is 0 Å². The standard InChI is InChI=1S/C18H17FN2O3S2/c1-21(2)26(23,24)17-6-4-3-5-12(17)11-20-18(22)16-10-13-9-14(19)7-8-15(13)25-16/h3-10H,11H2,1-2H3,(H,20,22). The Kier molecular flexibility index (Phi) is 5.08. The second-order valence-corrected chi connectivity index (χ2v) is 9.07. The maximum Gasteiger partial charge on any atom is 0.261 e. The molecule has 136 valence electrons. The van der Waals surface area contributed by atoms with Gasteiger partial charge in [-0.15, -0.1) is 11.3 Å². The first-order valence-corrected chi connectivity index (χ1v) is 10.0. The van der Waals surface area contributed by atoms with Gasteiger partial charge in [0.25, 0.3) is 5.91 Å². The van der Waals surface area contributed by atoms with E-state index >= 15 is 0 Å². The van der Waals surface area contributed by atoms with Gasteiger partial charge in [-0.05, 0) is 41.3 Å². The fraction of sp³-hybridized carbons (Fsp3) is 0.167. The number of benzene rings is 2. The van der Waals surface area contributed by atoms with E-state index in [1.54, 1.807) is 30.3 Å². The SMILES string of the molecule is CN(C)S(=O)(=O)c1ccccc1CNC(=O)c1cc2cc(F)ccc2s1. The molecule has 0 saturated carbocycles. The van der Waals surface area contributed by atoms with E-state index < -0.39 is 10.0 Å². The van der Waals surface area contributed by atoms with E-state index in [0.717, 1.165) is 9.01 Å². The van der Waals surface area contributed by atoms with E-state index in [2.05, 4.69) is 5.32 Å². The van der Waals surface area contributed by atoms with Crippen LogP contribution < -0.4 is 5.32 Å². The van der Waals surface area contributed by atoms with E-state index in [9.17, 15) is 17.6 Å². The highest BCUT2D eigenvalue weighted by Crippen LogP contribution is 2.26. The molecule has 8 heteroatoms. The summed E-state index contributed by atoms with van der Waals surface area (Å²) in [6.45, 7) is 0.0741. The molecule has 0 aliphatic carbocycles. The van der Waals surface area contributed by atoms with Gasteiger partial charge in [-0.1, -0.05) is 18.2 Å². The van der Waals surface area contributed by atoms with Crippen LogP contribution in [0.2, 0.25) is 0 Å². The Bertz CT molecular complexity index is 1070. The highest BCUT2D eigenvalue weighted by Gasteiger charge is 2.21. The summed E-state index contributed by atoms with van der Waals surface area (Å²) in [4.78, 5) is 13.0. The van der Waals surface area contributed by atoms with Gasteiger partial charge in [0.2, 0.25) is 10.0 Å². The summed E-state index contributed by atoms with van der Waals surface area (Å²) in [6.07, 6.45) is 0. The molecule has 0 unspecified atom stereocenters. The van der Waals surface area contributed by atoms with E-state index in [4.69, 9.17) is 0 Å².